The number of unbranched alkanes of at least 4 members (excludes halogenated alkanes) is 33. The van der Waals surface area contributed by atoms with E-state index in [0.29, 0.717) is 19.3 Å². The van der Waals surface area contributed by atoms with E-state index in [0.717, 1.165) is 77.0 Å². The topological polar surface area (TPSA) is 78.9 Å². The Hall–Kier alpha value is -2.37. The molecule has 63 heavy (non-hydrogen) atoms. The molecule has 1 unspecified atom stereocenters. The van der Waals surface area contributed by atoms with Crippen molar-refractivity contribution in [2.24, 2.45) is 0 Å². The smallest absolute Gasteiger partial charge is 0.306 e. The minimum atomic E-state index is -0.769. The molecule has 6 heteroatoms. The molecule has 0 aliphatic rings. The first-order valence-electron chi connectivity index (χ1n) is 27.5. The van der Waals surface area contributed by atoms with Gasteiger partial charge >= 0.3 is 17.9 Å². The molecule has 0 bridgehead atoms. The standard InChI is InChI=1S/C57H104O6/c1-4-7-10-13-16-19-21-23-24-25-26-27-28-29-30-31-32-34-35-38-41-44-47-50-56(59)62-53-54(52-61-55(58)49-46-43-40-37-18-15-12-9-6-3)63-57(60)51-48-45-42-39-36-33-22-20-17-14-11-8-5-2/h21,23,25-26,28-29,54H,4-20,22,24,27,30-53H2,1-3H3/b23-21-,26-25-,29-28-. The van der Waals surface area contributed by atoms with Crippen LogP contribution < -0.4 is 0 Å². The van der Waals surface area contributed by atoms with Crippen LogP contribution in [-0.2, 0) is 28.6 Å². The van der Waals surface area contributed by atoms with Gasteiger partial charge in [0.2, 0.25) is 0 Å². The number of rotatable bonds is 50. The lowest BCUT2D eigenvalue weighted by molar-refractivity contribution is -0.167. The molecule has 0 aromatic rings. The quantitative estimate of drug-likeness (QED) is 0.0262. The molecule has 6 nitrogen and oxygen atoms in total. The summed E-state index contributed by atoms with van der Waals surface area (Å²) in [6.45, 7) is 6.63. The van der Waals surface area contributed by atoms with Crippen molar-refractivity contribution in [1.29, 1.82) is 0 Å². The maximum absolute atomic E-state index is 12.8. The van der Waals surface area contributed by atoms with E-state index in [4.69, 9.17) is 14.2 Å². The van der Waals surface area contributed by atoms with Gasteiger partial charge in [0.15, 0.2) is 6.10 Å². The van der Waals surface area contributed by atoms with Crippen molar-refractivity contribution in [2.45, 2.75) is 297 Å². The van der Waals surface area contributed by atoms with Gasteiger partial charge in [-0.25, -0.2) is 0 Å². The van der Waals surface area contributed by atoms with Crippen LogP contribution in [0.5, 0.6) is 0 Å². The molecule has 0 heterocycles. The summed E-state index contributed by atoms with van der Waals surface area (Å²) in [7, 11) is 0. The van der Waals surface area contributed by atoms with Crippen LogP contribution in [0.2, 0.25) is 0 Å². The van der Waals surface area contributed by atoms with E-state index in [1.54, 1.807) is 0 Å². The first-order valence-corrected chi connectivity index (χ1v) is 27.5. The molecular formula is C57H104O6. The van der Waals surface area contributed by atoms with Gasteiger partial charge in [-0.3, -0.25) is 14.4 Å². The van der Waals surface area contributed by atoms with E-state index < -0.39 is 6.10 Å². The molecule has 0 fully saturated rings. The zero-order valence-corrected chi connectivity index (χ0v) is 42.1. The van der Waals surface area contributed by atoms with Crippen LogP contribution in [0, 0.1) is 0 Å². The zero-order chi connectivity index (χ0) is 45.8. The molecule has 0 aromatic carbocycles. The highest BCUT2D eigenvalue weighted by Crippen LogP contribution is 2.16. The molecule has 368 valence electrons. The summed E-state index contributed by atoms with van der Waals surface area (Å²) in [6.07, 6.45) is 61.4. The predicted octanol–water partition coefficient (Wildman–Crippen LogP) is 18.1. The molecule has 0 saturated carbocycles. The molecule has 0 aromatic heterocycles. The fourth-order valence-corrected chi connectivity index (χ4v) is 7.98. The van der Waals surface area contributed by atoms with Gasteiger partial charge in [-0.05, 0) is 57.8 Å². The van der Waals surface area contributed by atoms with Crippen LogP contribution in [0.3, 0.4) is 0 Å². The van der Waals surface area contributed by atoms with Crippen molar-refractivity contribution in [3.63, 3.8) is 0 Å². The molecule has 0 saturated heterocycles. The molecule has 0 aliphatic heterocycles. The van der Waals surface area contributed by atoms with Crippen LogP contribution >= 0.6 is 0 Å². The minimum Gasteiger partial charge on any atom is -0.462 e. The Morgan fingerprint density at radius 3 is 0.889 bits per heavy atom. The van der Waals surface area contributed by atoms with Gasteiger partial charge in [0.25, 0.3) is 0 Å². The minimum absolute atomic E-state index is 0.0705. The largest absolute Gasteiger partial charge is 0.462 e. The van der Waals surface area contributed by atoms with Gasteiger partial charge in [-0.15, -0.1) is 0 Å². The highest BCUT2D eigenvalue weighted by molar-refractivity contribution is 5.71. The van der Waals surface area contributed by atoms with E-state index in [1.807, 2.05) is 0 Å². The summed E-state index contributed by atoms with van der Waals surface area (Å²) in [5.41, 5.74) is 0. The summed E-state index contributed by atoms with van der Waals surface area (Å²) in [6, 6.07) is 0. The van der Waals surface area contributed by atoms with Crippen molar-refractivity contribution in [3.05, 3.63) is 36.5 Å². The predicted molar refractivity (Wildman–Crippen MR) is 270 cm³/mol. The summed E-state index contributed by atoms with van der Waals surface area (Å²) >= 11 is 0. The fraction of sp³-hybridized carbons (Fsp3) is 0.842. The lowest BCUT2D eigenvalue weighted by Gasteiger charge is -2.18. The average molecular weight is 885 g/mol. The van der Waals surface area contributed by atoms with Crippen LogP contribution in [-0.4, -0.2) is 37.2 Å². The molecule has 0 radical (unpaired) electrons. The van der Waals surface area contributed by atoms with E-state index in [1.165, 1.54) is 173 Å². The molecular weight excluding hydrogens is 781 g/mol. The second-order valence-corrected chi connectivity index (χ2v) is 18.5. The van der Waals surface area contributed by atoms with E-state index >= 15 is 0 Å². The fourth-order valence-electron chi connectivity index (χ4n) is 7.98. The molecule has 0 aliphatic carbocycles. The summed E-state index contributed by atoms with van der Waals surface area (Å²) < 4.78 is 16.8. The highest BCUT2D eigenvalue weighted by atomic mass is 16.6. The van der Waals surface area contributed by atoms with Crippen LogP contribution in [0.4, 0.5) is 0 Å². The maximum Gasteiger partial charge on any atom is 0.306 e. The molecule has 0 spiro atoms. The Balaban J connectivity index is 4.23. The zero-order valence-electron chi connectivity index (χ0n) is 42.1. The third-order valence-corrected chi connectivity index (χ3v) is 12.1. The Labute approximate surface area is 391 Å². The summed E-state index contributed by atoms with van der Waals surface area (Å²) in [5, 5.41) is 0. The SMILES string of the molecule is CCCCCCC/C=C\C/C=C\C/C=C\CCCCCCCCCCC(=O)OCC(COC(=O)CCCCCCCCCCC)OC(=O)CCCCCCCCCCCCCCC. The Morgan fingerprint density at radius 2 is 0.571 bits per heavy atom. The van der Waals surface area contributed by atoms with Gasteiger partial charge in [0.1, 0.15) is 13.2 Å². The second kappa shape index (κ2) is 52.3. The first kappa shape index (κ1) is 60.6. The number of hydrogen-bond donors (Lipinski definition) is 0. The number of esters is 3. The van der Waals surface area contributed by atoms with Crippen molar-refractivity contribution in [2.75, 3.05) is 13.2 Å². The van der Waals surface area contributed by atoms with E-state index in [-0.39, 0.29) is 31.1 Å². The Morgan fingerprint density at radius 1 is 0.317 bits per heavy atom. The van der Waals surface area contributed by atoms with E-state index in [2.05, 4.69) is 57.2 Å². The van der Waals surface area contributed by atoms with Crippen LogP contribution in [0.15, 0.2) is 36.5 Å². The van der Waals surface area contributed by atoms with Crippen molar-refractivity contribution in [1.82, 2.24) is 0 Å². The highest BCUT2D eigenvalue weighted by Gasteiger charge is 2.19. The first-order chi connectivity index (χ1) is 31.0. The number of hydrogen-bond acceptors (Lipinski definition) is 6. The van der Waals surface area contributed by atoms with Crippen LogP contribution in [0.25, 0.3) is 0 Å². The van der Waals surface area contributed by atoms with Crippen molar-refractivity contribution in [3.8, 4) is 0 Å². The number of carbonyl (C=O) groups is 3. The third-order valence-electron chi connectivity index (χ3n) is 12.1. The van der Waals surface area contributed by atoms with Gasteiger partial charge in [-0.2, -0.15) is 0 Å². The van der Waals surface area contributed by atoms with Gasteiger partial charge in [0, 0.05) is 19.3 Å². The lowest BCUT2D eigenvalue weighted by Crippen LogP contribution is -2.30. The number of allylic oxidation sites excluding steroid dienone is 6. The molecule has 0 rings (SSSR count). The van der Waals surface area contributed by atoms with Gasteiger partial charge in [-0.1, -0.05) is 250 Å². The average Bonchev–Trinajstić information content (AvgIpc) is 3.28. The van der Waals surface area contributed by atoms with Gasteiger partial charge in [0.05, 0.1) is 0 Å². The van der Waals surface area contributed by atoms with Crippen molar-refractivity contribution < 1.29 is 28.6 Å². The lowest BCUT2D eigenvalue weighted by atomic mass is 10.0. The Bertz CT molecular complexity index is 1060. The third kappa shape index (κ3) is 50.5. The van der Waals surface area contributed by atoms with Gasteiger partial charge < -0.3 is 14.2 Å². The Kier molecular flexibility index (Phi) is 50.3. The number of carbonyl (C=O) groups excluding carboxylic acids is 3. The molecule has 1 atom stereocenters. The number of ether oxygens (including phenoxy) is 3. The molecule has 0 N–H and O–H groups in total. The molecule has 0 amide bonds. The second-order valence-electron chi connectivity index (χ2n) is 18.5. The van der Waals surface area contributed by atoms with Crippen molar-refractivity contribution >= 4 is 17.9 Å². The van der Waals surface area contributed by atoms with Crippen LogP contribution in [0.1, 0.15) is 290 Å². The maximum atomic E-state index is 12.8. The summed E-state index contributed by atoms with van der Waals surface area (Å²) in [4.78, 5) is 37.9. The summed E-state index contributed by atoms with van der Waals surface area (Å²) in [5.74, 6) is -0.868. The monoisotopic (exact) mass is 885 g/mol. The normalized spacial score (nSPS) is 12.2. The van der Waals surface area contributed by atoms with E-state index in [9.17, 15) is 14.4 Å².